The SMILES string of the molecule is Cc1c(Cl)cnc(NC(=O)CSc2ncn(-c3ccccc3)n2)c1Cl. The van der Waals surface area contributed by atoms with Crippen molar-refractivity contribution in [3.05, 3.63) is 58.5 Å². The maximum atomic E-state index is 12.1. The van der Waals surface area contributed by atoms with Crippen LogP contribution in [0.25, 0.3) is 5.69 Å². The second kappa shape index (κ2) is 7.86. The van der Waals surface area contributed by atoms with Gasteiger partial charge in [0.15, 0.2) is 5.82 Å². The van der Waals surface area contributed by atoms with Gasteiger partial charge in [0.2, 0.25) is 11.1 Å². The number of pyridine rings is 1. The molecule has 0 aliphatic carbocycles. The molecule has 0 saturated heterocycles. The highest BCUT2D eigenvalue weighted by Gasteiger charge is 2.13. The van der Waals surface area contributed by atoms with Crippen molar-refractivity contribution in [3.8, 4) is 5.69 Å². The molecule has 6 nitrogen and oxygen atoms in total. The van der Waals surface area contributed by atoms with Gasteiger partial charge in [0.25, 0.3) is 0 Å². The predicted molar refractivity (Wildman–Crippen MR) is 99.7 cm³/mol. The minimum atomic E-state index is -0.253. The molecule has 0 aliphatic rings. The molecule has 0 bridgehead atoms. The molecule has 0 saturated carbocycles. The number of hydrogen-bond donors (Lipinski definition) is 1. The van der Waals surface area contributed by atoms with E-state index in [-0.39, 0.29) is 17.5 Å². The largest absolute Gasteiger partial charge is 0.309 e. The summed E-state index contributed by atoms with van der Waals surface area (Å²) in [6.07, 6.45) is 3.06. The summed E-state index contributed by atoms with van der Waals surface area (Å²) < 4.78 is 1.65. The number of rotatable bonds is 5. The Morgan fingerprint density at radius 3 is 2.76 bits per heavy atom. The van der Waals surface area contributed by atoms with Crippen LogP contribution in [-0.2, 0) is 4.79 Å². The Hall–Kier alpha value is -2.09. The Labute approximate surface area is 158 Å². The Morgan fingerprint density at radius 1 is 1.24 bits per heavy atom. The van der Waals surface area contributed by atoms with E-state index >= 15 is 0 Å². The molecule has 1 amide bonds. The number of hydrogen-bond acceptors (Lipinski definition) is 5. The summed E-state index contributed by atoms with van der Waals surface area (Å²) in [5.41, 5.74) is 1.57. The Balaban J connectivity index is 1.60. The van der Waals surface area contributed by atoms with Gasteiger partial charge in [0.05, 0.1) is 21.5 Å². The van der Waals surface area contributed by atoms with E-state index in [0.717, 1.165) is 5.69 Å². The van der Waals surface area contributed by atoms with Crippen molar-refractivity contribution in [1.82, 2.24) is 19.7 Å². The van der Waals surface area contributed by atoms with Crippen LogP contribution in [0.2, 0.25) is 10.0 Å². The van der Waals surface area contributed by atoms with Gasteiger partial charge < -0.3 is 5.32 Å². The molecule has 0 atom stereocenters. The zero-order valence-corrected chi connectivity index (χ0v) is 15.4. The van der Waals surface area contributed by atoms with Crippen LogP contribution in [0.4, 0.5) is 5.82 Å². The molecule has 3 rings (SSSR count). The minimum Gasteiger partial charge on any atom is -0.309 e. The van der Waals surface area contributed by atoms with Gasteiger partial charge in [-0.3, -0.25) is 4.79 Å². The maximum absolute atomic E-state index is 12.1. The number of thioether (sulfide) groups is 1. The monoisotopic (exact) mass is 393 g/mol. The van der Waals surface area contributed by atoms with Crippen molar-refractivity contribution < 1.29 is 4.79 Å². The molecular weight excluding hydrogens is 381 g/mol. The summed E-state index contributed by atoms with van der Waals surface area (Å²) >= 11 is 13.3. The zero-order chi connectivity index (χ0) is 17.8. The summed E-state index contributed by atoms with van der Waals surface area (Å²) in [6.45, 7) is 1.76. The summed E-state index contributed by atoms with van der Waals surface area (Å²) in [7, 11) is 0. The fraction of sp³-hybridized carbons (Fsp3) is 0.125. The highest BCUT2D eigenvalue weighted by atomic mass is 35.5. The number of carbonyl (C=O) groups is 1. The predicted octanol–water partition coefficient (Wildman–Crippen LogP) is 4.01. The average Bonchev–Trinajstić information content (AvgIpc) is 3.10. The molecule has 0 spiro atoms. The normalized spacial score (nSPS) is 10.7. The topological polar surface area (TPSA) is 72.7 Å². The van der Waals surface area contributed by atoms with E-state index in [2.05, 4.69) is 20.4 Å². The molecule has 1 N–H and O–H groups in total. The number of para-hydroxylation sites is 1. The average molecular weight is 394 g/mol. The lowest BCUT2D eigenvalue weighted by Crippen LogP contribution is -2.15. The third-order valence-electron chi connectivity index (χ3n) is 3.28. The number of nitrogens with one attached hydrogen (secondary N) is 1. The fourth-order valence-corrected chi connectivity index (χ4v) is 2.95. The summed E-state index contributed by atoms with van der Waals surface area (Å²) in [4.78, 5) is 20.3. The van der Waals surface area contributed by atoms with Crippen molar-refractivity contribution in [2.75, 3.05) is 11.1 Å². The molecule has 3 aromatic rings. The highest BCUT2D eigenvalue weighted by molar-refractivity contribution is 7.99. The molecular formula is C16H13Cl2N5OS. The van der Waals surface area contributed by atoms with E-state index in [1.807, 2.05) is 30.3 Å². The number of nitrogens with zero attached hydrogens (tertiary/aromatic N) is 4. The maximum Gasteiger partial charge on any atom is 0.236 e. The van der Waals surface area contributed by atoms with Gasteiger partial charge in [0.1, 0.15) is 6.33 Å². The van der Waals surface area contributed by atoms with Crippen molar-refractivity contribution >= 4 is 46.7 Å². The van der Waals surface area contributed by atoms with E-state index in [1.54, 1.807) is 17.9 Å². The number of carbonyl (C=O) groups excluding carboxylic acids is 1. The second-order valence-corrected chi connectivity index (χ2v) is 6.77. The van der Waals surface area contributed by atoms with Crippen LogP contribution in [-0.4, -0.2) is 31.4 Å². The zero-order valence-electron chi connectivity index (χ0n) is 13.1. The van der Waals surface area contributed by atoms with Crippen molar-refractivity contribution in [1.29, 1.82) is 0 Å². The number of anilines is 1. The van der Waals surface area contributed by atoms with Crippen LogP contribution >= 0.6 is 35.0 Å². The van der Waals surface area contributed by atoms with Gasteiger partial charge in [-0.05, 0) is 24.6 Å². The molecule has 9 heteroatoms. The van der Waals surface area contributed by atoms with E-state index in [0.29, 0.717) is 20.8 Å². The lowest BCUT2D eigenvalue weighted by molar-refractivity contribution is -0.113. The van der Waals surface area contributed by atoms with Crippen LogP contribution in [0.3, 0.4) is 0 Å². The highest BCUT2D eigenvalue weighted by Crippen LogP contribution is 2.28. The van der Waals surface area contributed by atoms with Crippen molar-refractivity contribution in [2.45, 2.75) is 12.1 Å². The first-order valence-corrected chi connectivity index (χ1v) is 8.99. The van der Waals surface area contributed by atoms with Crippen LogP contribution in [0.5, 0.6) is 0 Å². The summed E-state index contributed by atoms with van der Waals surface area (Å²) in [5.74, 6) is 0.174. The number of aromatic nitrogens is 4. The third-order valence-corrected chi connectivity index (χ3v) is 4.98. The minimum absolute atomic E-state index is 0.137. The van der Waals surface area contributed by atoms with Crippen LogP contribution < -0.4 is 5.32 Å². The van der Waals surface area contributed by atoms with E-state index < -0.39 is 0 Å². The van der Waals surface area contributed by atoms with E-state index in [9.17, 15) is 4.79 Å². The van der Waals surface area contributed by atoms with Crippen LogP contribution in [0, 0.1) is 6.92 Å². The standard InChI is InChI=1S/C16H13Cl2N5OS/c1-10-12(17)7-19-15(14(10)18)21-13(24)8-25-16-20-9-23(22-16)11-5-3-2-4-6-11/h2-7,9H,8H2,1H3,(H,19,21,24). The molecule has 0 unspecified atom stereocenters. The lowest BCUT2D eigenvalue weighted by Gasteiger charge is -2.08. The van der Waals surface area contributed by atoms with Gasteiger partial charge in [-0.25, -0.2) is 14.6 Å². The Morgan fingerprint density at radius 2 is 2.00 bits per heavy atom. The second-order valence-electron chi connectivity index (χ2n) is 5.04. The lowest BCUT2D eigenvalue weighted by atomic mass is 10.3. The molecule has 0 fully saturated rings. The van der Waals surface area contributed by atoms with E-state index in [4.69, 9.17) is 23.2 Å². The first-order chi connectivity index (χ1) is 12.0. The fourth-order valence-electron chi connectivity index (χ4n) is 1.96. The van der Waals surface area contributed by atoms with E-state index in [1.165, 1.54) is 18.0 Å². The van der Waals surface area contributed by atoms with Crippen LogP contribution in [0.15, 0.2) is 48.0 Å². The van der Waals surface area contributed by atoms with Crippen molar-refractivity contribution in [2.24, 2.45) is 0 Å². The van der Waals surface area contributed by atoms with Gasteiger partial charge in [-0.1, -0.05) is 53.2 Å². The first-order valence-electron chi connectivity index (χ1n) is 7.25. The molecule has 1 aromatic carbocycles. The number of halogens is 2. The molecule has 2 heterocycles. The first kappa shape index (κ1) is 17.7. The number of amides is 1. The molecule has 128 valence electrons. The smallest absolute Gasteiger partial charge is 0.236 e. The summed E-state index contributed by atoms with van der Waals surface area (Å²) in [6, 6.07) is 9.61. The molecule has 25 heavy (non-hydrogen) atoms. The van der Waals surface area contributed by atoms with Gasteiger partial charge in [-0.15, -0.1) is 5.10 Å². The van der Waals surface area contributed by atoms with Gasteiger partial charge in [0, 0.05) is 6.20 Å². The van der Waals surface area contributed by atoms with Crippen LogP contribution in [0.1, 0.15) is 5.56 Å². The molecule has 2 aromatic heterocycles. The van der Waals surface area contributed by atoms with Crippen molar-refractivity contribution in [3.63, 3.8) is 0 Å². The summed E-state index contributed by atoms with van der Waals surface area (Å²) in [5, 5.41) is 8.28. The third kappa shape index (κ3) is 4.31. The number of benzene rings is 1. The molecule has 0 radical (unpaired) electrons. The molecule has 0 aliphatic heterocycles. The van der Waals surface area contributed by atoms with Gasteiger partial charge in [-0.2, -0.15) is 0 Å². The van der Waals surface area contributed by atoms with Gasteiger partial charge >= 0.3 is 0 Å². The Bertz CT molecular complexity index is 901. The Kier molecular flexibility index (Phi) is 5.57. The quantitative estimate of drug-likeness (QED) is 0.662.